The smallest absolute Gasteiger partial charge is 0.318 e. The molecule has 1 unspecified atom stereocenters. The van der Waals surface area contributed by atoms with Crippen LogP contribution in [0.5, 0.6) is 0 Å². The lowest BCUT2D eigenvalue weighted by Crippen LogP contribution is -2.17. The minimum absolute atomic E-state index is 0.249. The predicted octanol–water partition coefficient (Wildman–Crippen LogP) is 5.49. The maximum Gasteiger partial charge on any atom is 0.318 e. The van der Waals surface area contributed by atoms with Crippen LogP contribution in [0.1, 0.15) is 17.3 Å². The van der Waals surface area contributed by atoms with E-state index in [-0.39, 0.29) is 11.9 Å². The number of nitrogens with one attached hydrogen (secondary N) is 1. The van der Waals surface area contributed by atoms with Gasteiger partial charge in [0.05, 0.1) is 12.7 Å². The van der Waals surface area contributed by atoms with Crippen molar-refractivity contribution in [2.45, 2.75) is 17.1 Å². The molecule has 1 aromatic heterocycles. The number of anilines is 1. The number of ether oxygens (including phenoxy) is 1. The first-order valence-electron chi connectivity index (χ1n) is 9.13. The summed E-state index contributed by atoms with van der Waals surface area (Å²) in [7, 11) is 1.35. The van der Waals surface area contributed by atoms with Crippen LogP contribution in [0.2, 0.25) is 0 Å². The van der Waals surface area contributed by atoms with Crippen LogP contribution in [0.15, 0.2) is 76.0 Å². The monoisotopic (exact) mass is 405 g/mol. The van der Waals surface area contributed by atoms with Crippen molar-refractivity contribution in [3.05, 3.63) is 72.3 Å². The molecule has 3 aromatic carbocycles. The Morgan fingerprint density at radius 2 is 1.69 bits per heavy atom. The van der Waals surface area contributed by atoms with E-state index in [4.69, 9.17) is 9.15 Å². The standard InChI is InChI=1S/C23H19NO4S/c1-14(23(26)27-2)29-21-10-6-4-8-18(21)22(25)24-15-11-12-17-16-7-3-5-9-19(16)28-20(17)13-15/h3-14H,1-2H3,(H,24,25). The summed E-state index contributed by atoms with van der Waals surface area (Å²) in [5.41, 5.74) is 2.66. The number of fused-ring (bicyclic) bond motifs is 3. The zero-order valence-electron chi connectivity index (χ0n) is 16.0. The fourth-order valence-corrected chi connectivity index (χ4v) is 4.18. The van der Waals surface area contributed by atoms with Gasteiger partial charge in [-0.05, 0) is 37.3 Å². The number of rotatable bonds is 5. The molecule has 6 heteroatoms. The first-order valence-corrected chi connectivity index (χ1v) is 10.0. The highest BCUT2D eigenvalue weighted by atomic mass is 32.2. The Morgan fingerprint density at radius 3 is 2.52 bits per heavy atom. The minimum Gasteiger partial charge on any atom is -0.468 e. The van der Waals surface area contributed by atoms with Gasteiger partial charge in [0.25, 0.3) is 5.91 Å². The summed E-state index contributed by atoms with van der Waals surface area (Å²) in [5.74, 6) is -0.582. The molecular formula is C23H19NO4S. The molecule has 1 N–H and O–H groups in total. The van der Waals surface area contributed by atoms with Gasteiger partial charge in [-0.2, -0.15) is 0 Å². The lowest BCUT2D eigenvalue weighted by atomic mass is 10.1. The molecule has 5 nitrogen and oxygen atoms in total. The van der Waals surface area contributed by atoms with Crippen molar-refractivity contribution < 1.29 is 18.7 Å². The van der Waals surface area contributed by atoms with Crippen LogP contribution in [0.4, 0.5) is 5.69 Å². The topological polar surface area (TPSA) is 68.5 Å². The highest BCUT2D eigenvalue weighted by Crippen LogP contribution is 2.31. The molecular weight excluding hydrogens is 386 g/mol. The summed E-state index contributed by atoms with van der Waals surface area (Å²) in [5, 5.41) is 4.55. The van der Waals surface area contributed by atoms with Crippen LogP contribution >= 0.6 is 11.8 Å². The van der Waals surface area contributed by atoms with Crippen molar-refractivity contribution in [2.24, 2.45) is 0 Å². The minimum atomic E-state index is -0.416. The van der Waals surface area contributed by atoms with Crippen molar-refractivity contribution in [2.75, 3.05) is 12.4 Å². The van der Waals surface area contributed by atoms with Gasteiger partial charge in [-0.3, -0.25) is 9.59 Å². The second-order valence-corrected chi connectivity index (χ2v) is 7.93. The largest absolute Gasteiger partial charge is 0.468 e. The van der Waals surface area contributed by atoms with Crippen molar-refractivity contribution in [3.63, 3.8) is 0 Å². The van der Waals surface area contributed by atoms with Crippen LogP contribution in [0.3, 0.4) is 0 Å². The normalized spacial score (nSPS) is 12.1. The molecule has 4 aromatic rings. The van der Waals surface area contributed by atoms with Crippen LogP contribution in [-0.4, -0.2) is 24.2 Å². The molecule has 0 radical (unpaired) electrons. The van der Waals surface area contributed by atoms with Crippen LogP contribution in [-0.2, 0) is 9.53 Å². The first-order chi connectivity index (χ1) is 14.1. The molecule has 146 valence electrons. The van der Waals surface area contributed by atoms with Crippen LogP contribution < -0.4 is 5.32 Å². The Morgan fingerprint density at radius 1 is 0.966 bits per heavy atom. The third-order valence-electron chi connectivity index (χ3n) is 4.61. The van der Waals surface area contributed by atoms with Crippen molar-refractivity contribution in [3.8, 4) is 0 Å². The lowest BCUT2D eigenvalue weighted by Gasteiger charge is -2.13. The van der Waals surface area contributed by atoms with E-state index >= 15 is 0 Å². The number of furan rings is 1. The summed E-state index contributed by atoms with van der Waals surface area (Å²) in [6.45, 7) is 1.75. The molecule has 1 amide bonds. The lowest BCUT2D eigenvalue weighted by molar-refractivity contribution is -0.139. The molecule has 29 heavy (non-hydrogen) atoms. The second-order valence-electron chi connectivity index (χ2n) is 6.54. The van der Waals surface area contributed by atoms with Gasteiger partial charge in [0.1, 0.15) is 16.4 Å². The van der Waals surface area contributed by atoms with Gasteiger partial charge in [0.2, 0.25) is 0 Å². The molecule has 0 aliphatic carbocycles. The third kappa shape index (κ3) is 3.84. The fraction of sp³-hybridized carbons (Fsp3) is 0.130. The van der Waals surface area contributed by atoms with E-state index in [1.165, 1.54) is 18.9 Å². The number of esters is 1. The average Bonchev–Trinajstić information content (AvgIpc) is 3.11. The van der Waals surface area contributed by atoms with Gasteiger partial charge in [0, 0.05) is 27.4 Å². The van der Waals surface area contributed by atoms with E-state index < -0.39 is 5.25 Å². The average molecular weight is 405 g/mol. The molecule has 1 atom stereocenters. The Hall–Kier alpha value is -3.25. The van der Waals surface area contributed by atoms with Gasteiger partial charge >= 0.3 is 5.97 Å². The third-order valence-corrected chi connectivity index (χ3v) is 5.76. The zero-order valence-corrected chi connectivity index (χ0v) is 16.8. The summed E-state index contributed by atoms with van der Waals surface area (Å²) in [6.07, 6.45) is 0. The molecule has 0 spiro atoms. The Balaban J connectivity index is 1.59. The first kappa shape index (κ1) is 19.1. The molecule has 0 aliphatic rings. The molecule has 0 fully saturated rings. The number of hydrogen-bond donors (Lipinski definition) is 1. The molecule has 0 saturated heterocycles. The van der Waals surface area contributed by atoms with E-state index in [0.717, 1.165) is 16.4 Å². The van der Waals surface area contributed by atoms with Crippen molar-refractivity contribution in [1.82, 2.24) is 0 Å². The van der Waals surface area contributed by atoms with Crippen molar-refractivity contribution in [1.29, 1.82) is 0 Å². The second kappa shape index (κ2) is 8.01. The van der Waals surface area contributed by atoms with Gasteiger partial charge in [-0.1, -0.05) is 30.3 Å². The van der Waals surface area contributed by atoms with E-state index in [0.29, 0.717) is 21.7 Å². The van der Waals surface area contributed by atoms with E-state index in [1.807, 2.05) is 54.6 Å². The molecule has 4 rings (SSSR count). The number of thioether (sulfide) groups is 1. The maximum atomic E-state index is 12.9. The number of hydrogen-bond acceptors (Lipinski definition) is 5. The summed E-state index contributed by atoms with van der Waals surface area (Å²) in [6, 6.07) is 20.6. The number of amides is 1. The highest BCUT2D eigenvalue weighted by Gasteiger charge is 2.19. The summed E-state index contributed by atoms with van der Waals surface area (Å²) >= 11 is 1.29. The van der Waals surface area contributed by atoms with Gasteiger partial charge < -0.3 is 14.5 Å². The van der Waals surface area contributed by atoms with Crippen LogP contribution in [0, 0.1) is 0 Å². The zero-order chi connectivity index (χ0) is 20.4. The Bertz CT molecular complexity index is 1210. The quantitative estimate of drug-likeness (QED) is 0.351. The molecule has 0 bridgehead atoms. The maximum absolute atomic E-state index is 12.9. The number of benzene rings is 3. The van der Waals surface area contributed by atoms with Gasteiger partial charge in [-0.25, -0.2) is 0 Å². The SMILES string of the molecule is COC(=O)C(C)Sc1ccccc1C(=O)Nc1ccc2c(c1)oc1ccccc12. The summed E-state index contributed by atoms with van der Waals surface area (Å²) in [4.78, 5) is 25.3. The highest BCUT2D eigenvalue weighted by molar-refractivity contribution is 8.00. The van der Waals surface area contributed by atoms with Gasteiger partial charge in [0.15, 0.2) is 0 Å². The van der Waals surface area contributed by atoms with Crippen LogP contribution in [0.25, 0.3) is 21.9 Å². The van der Waals surface area contributed by atoms with Crippen molar-refractivity contribution >= 4 is 51.3 Å². The predicted molar refractivity (Wildman–Crippen MR) is 115 cm³/mol. The van der Waals surface area contributed by atoms with E-state index in [2.05, 4.69) is 5.32 Å². The van der Waals surface area contributed by atoms with E-state index in [9.17, 15) is 9.59 Å². The molecule has 0 aliphatic heterocycles. The number of para-hydroxylation sites is 1. The summed E-state index contributed by atoms with van der Waals surface area (Å²) < 4.78 is 10.7. The number of methoxy groups -OCH3 is 1. The Labute approximate surface area is 172 Å². The number of carbonyl (C=O) groups excluding carboxylic acids is 2. The van der Waals surface area contributed by atoms with Gasteiger partial charge in [-0.15, -0.1) is 11.8 Å². The molecule has 0 saturated carbocycles. The molecule has 1 heterocycles. The fourth-order valence-electron chi connectivity index (χ4n) is 3.16. The number of carbonyl (C=O) groups is 2. The Kier molecular flexibility index (Phi) is 5.27. The van der Waals surface area contributed by atoms with E-state index in [1.54, 1.807) is 19.1 Å².